The molecule has 0 radical (unpaired) electrons. The maximum absolute atomic E-state index is 11.6. The third-order valence-electron chi connectivity index (χ3n) is 2.55. The van der Waals surface area contributed by atoms with Gasteiger partial charge in [0.25, 0.3) is 0 Å². The molecule has 0 bridgehead atoms. The second-order valence-electron chi connectivity index (χ2n) is 4.17. The number of ether oxygens (including phenoxy) is 1. The van der Waals surface area contributed by atoms with E-state index in [0.717, 1.165) is 5.56 Å². The van der Waals surface area contributed by atoms with Crippen LogP contribution in [0.3, 0.4) is 0 Å². The van der Waals surface area contributed by atoms with Crippen LogP contribution in [0.1, 0.15) is 18.9 Å². The highest BCUT2D eigenvalue weighted by Gasteiger charge is 2.21. The van der Waals surface area contributed by atoms with Gasteiger partial charge in [-0.05, 0) is 12.0 Å². The van der Waals surface area contributed by atoms with Gasteiger partial charge in [-0.1, -0.05) is 37.3 Å². The first kappa shape index (κ1) is 14.2. The summed E-state index contributed by atoms with van der Waals surface area (Å²) in [6.45, 7) is 1.79. The summed E-state index contributed by atoms with van der Waals surface area (Å²) in [5.74, 6) is -2.08. The molecule has 0 spiro atoms. The van der Waals surface area contributed by atoms with Crippen LogP contribution < -0.4 is 5.73 Å². The highest BCUT2D eigenvalue weighted by molar-refractivity contribution is 5.76. The molecule has 2 unspecified atom stereocenters. The SMILES string of the molecule is CC(CC(N)C(=O)O)C(=O)OCc1ccccc1. The van der Waals surface area contributed by atoms with Crippen molar-refractivity contribution in [1.29, 1.82) is 0 Å². The number of rotatable bonds is 6. The van der Waals surface area contributed by atoms with E-state index in [-0.39, 0.29) is 13.0 Å². The summed E-state index contributed by atoms with van der Waals surface area (Å²) >= 11 is 0. The Balaban J connectivity index is 2.39. The topological polar surface area (TPSA) is 89.6 Å². The molecule has 0 aliphatic heterocycles. The molecule has 1 aromatic carbocycles. The van der Waals surface area contributed by atoms with Crippen molar-refractivity contribution in [2.24, 2.45) is 11.7 Å². The van der Waals surface area contributed by atoms with Gasteiger partial charge in [-0.25, -0.2) is 0 Å². The Morgan fingerprint density at radius 2 is 1.94 bits per heavy atom. The highest BCUT2D eigenvalue weighted by atomic mass is 16.5. The number of carbonyl (C=O) groups is 2. The molecular formula is C13H17NO4. The van der Waals surface area contributed by atoms with Crippen molar-refractivity contribution < 1.29 is 19.4 Å². The van der Waals surface area contributed by atoms with E-state index < -0.39 is 23.9 Å². The van der Waals surface area contributed by atoms with Crippen LogP contribution in [0.4, 0.5) is 0 Å². The van der Waals surface area contributed by atoms with Crippen LogP contribution in [0.5, 0.6) is 0 Å². The number of nitrogens with two attached hydrogens (primary N) is 1. The van der Waals surface area contributed by atoms with Gasteiger partial charge >= 0.3 is 11.9 Å². The maximum Gasteiger partial charge on any atom is 0.320 e. The molecule has 0 saturated heterocycles. The molecule has 0 heterocycles. The first-order chi connectivity index (χ1) is 8.50. The van der Waals surface area contributed by atoms with Crippen LogP contribution in [-0.2, 0) is 20.9 Å². The minimum Gasteiger partial charge on any atom is -0.480 e. The number of carbonyl (C=O) groups excluding carboxylic acids is 1. The largest absolute Gasteiger partial charge is 0.480 e. The second kappa shape index (κ2) is 6.76. The summed E-state index contributed by atoms with van der Waals surface area (Å²) < 4.78 is 5.08. The zero-order valence-corrected chi connectivity index (χ0v) is 10.2. The third kappa shape index (κ3) is 4.55. The summed E-state index contributed by atoms with van der Waals surface area (Å²) in [4.78, 5) is 22.2. The van der Waals surface area contributed by atoms with Gasteiger partial charge in [0.05, 0.1) is 5.92 Å². The Hall–Kier alpha value is -1.88. The van der Waals surface area contributed by atoms with Crippen molar-refractivity contribution in [2.75, 3.05) is 0 Å². The third-order valence-corrected chi connectivity index (χ3v) is 2.55. The molecule has 0 amide bonds. The van der Waals surface area contributed by atoms with Gasteiger partial charge in [-0.3, -0.25) is 9.59 Å². The lowest BCUT2D eigenvalue weighted by molar-refractivity contribution is -0.150. The monoisotopic (exact) mass is 251 g/mol. The predicted molar refractivity (Wildman–Crippen MR) is 65.6 cm³/mol. The number of benzene rings is 1. The Morgan fingerprint density at radius 3 is 2.50 bits per heavy atom. The van der Waals surface area contributed by atoms with Crippen molar-refractivity contribution in [3.8, 4) is 0 Å². The fourth-order valence-corrected chi connectivity index (χ4v) is 1.45. The highest BCUT2D eigenvalue weighted by Crippen LogP contribution is 2.09. The van der Waals surface area contributed by atoms with Crippen LogP contribution in [0.2, 0.25) is 0 Å². The average molecular weight is 251 g/mol. The molecule has 2 atom stereocenters. The van der Waals surface area contributed by atoms with Crippen molar-refractivity contribution in [3.63, 3.8) is 0 Å². The maximum atomic E-state index is 11.6. The van der Waals surface area contributed by atoms with E-state index in [1.165, 1.54) is 0 Å². The Labute approximate surface area is 106 Å². The summed E-state index contributed by atoms with van der Waals surface area (Å²) in [6, 6.07) is 8.24. The summed E-state index contributed by atoms with van der Waals surface area (Å²) in [7, 11) is 0. The van der Waals surface area contributed by atoms with E-state index in [4.69, 9.17) is 15.6 Å². The summed E-state index contributed by atoms with van der Waals surface area (Å²) in [5, 5.41) is 8.64. The number of carboxylic acids is 1. The molecule has 5 heteroatoms. The summed E-state index contributed by atoms with van der Waals surface area (Å²) in [6.07, 6.45) is 0.0724. The van der Waals surface area contributed by atoms with Crippen molar-refractivity contribution in [2.45, 2.75) is 26.0 Å². The van der Waals surface area contributed by atoms with E-state index in [9.17, 15) is 9.59 Å². The van der Waals surface area contributed by atoms with E-state index in [1.54, 1.807) is 6.92 Å². The smallest absolute Gasteiger partial charge is 0.320 e. The Morgan fingerprint density at radius 1 is 1.33 bits per heavy atom. The van der Waals surface area contributed by atoms with Crippen LogP contribution in [0, 0.1) is 5.92 Å². The molecule has 1 rings (SSSR count). The minimum absolute atomic E-state index is 0.0724. The molecule has 1 aromatic rings. The van der Waals surface area contributed by atoms with E-state index in [0.29, 0.717) is 0 Å². The molecule has 0 aliphatic rings. The number of carboxylic acid groups (broad SMARTS) is 1. The first-order valence-electron chi connectivity index (χ1n) is 5.69. The van der Waals surface area contributed by atoms with Gasteiger partial charge in [0.15, 0.2) is 0 Å². The normalized spacial score (nSPS) is 13.7. The zero-order chi connectivity index (χ0) is 13.5. The lowest BCUT2D eigenvalue weighted by Gasteiger charge is -2.13. The lowest BCUT2D eigenvalue weighted by Crippen LogP contribution is -2.34. The molecule has 0 saturated carbocycles. The van der Waals surface area contributed by atoms with Crippen molar-refractivity contribution in [3.05, 3.63) is 35.9 Å². The van der Waals surface area contributed by atoms with Gasteiger partial charge < -0.3 is 15.6 Å². The number of hydrogen-bond acceptors (Lipinski definition) is 4. The number of hydrogen-bond donors (Lipinski definition) is 2. The van der Waals surface area contributed by atoms with E-state index in [2.05, 4.69) is 0 Å². The van der Waals surface area contributed by atoms with Gasteiger partial charge in [0.2, 0.25) is 0 Å². The van der Waals surface area contributed by atoms with Crippen molar-refractivity contribution in [1.82, 2.24) is 0 Å². The van der Waals surface area contributed by atoms with Crippen LogP contribution in [-0.4, -0.2) is 23.1 Å². The molecule has 3 N–H and O–H groups in total. The van der Waals surface area contributed by atoms with Crippen LogP contribution in [0.25, 0.3) is 0 Å². The fourth-order valence-electron chi connectivity index (χ4n) is 1.45. The Kier molecular flexibility index (Phi) is 5.32. The van der Waals surface area contributed by atoms with Crippen LogP contribution >= 0.6 is 0 Å². The second-order valence-corrected chi connectivity index (χ2v) is 4.17. The van der Waals surface area contributed by atoms with E-state index >= 15 is 0 Å². The standard InChI is InChI=1S/C13H17NO4/c1-9(7-11(14)12(15)16)13(17)18-8-10-5-3-2-4-6-10/h2-6,9,11H,7-8,14H2,1H3,(H,15,16). The van der Waals surface area contributed by atoms with Gasteiger partial charge in [-0.15, -0.1) is 0 Å². The van der Waals surface area contributed by atoms with E-state index in [1.807, 2.05) is 30.3 Å². The molecule has 0 aliphatic carbocycles. The molecule has 0 fully saturated rings. The molecule has 98 valence electrons. The zero-order valence-electron chi connectivity index (χ0n) is 10.2. The van der Waals surface area contributed by atoms with Crippen molar-refractivity contribution >= 4 is 11.9 Å². The molecule has 18 heavy (non-hydrogen) atoms. The quantitative estimate of drug-likeness (QED) is 0.741. The van der Waals surface area contributed by atoms with Gasteiger partial charge in [0, 0.05) is 0 Å². The molecular weight excluding hydrogens is 234 g/mol. The predicted octanol–water partition coefficient (Wildman–Crippen LogP) is 1.17. The first-order valence-corrected chi connectivity index (χ1v) is 5.69. The number of esters is 1. The van der Waals surface area contributed by atoms with Crippen LogP contribution in [0.15, 0.2) is 30.3 Å². The lowest BCUT2D eigenvalue weighted by atomic mass is 10.0. The number of aliphatic carboxylic acids is 1. The van der Waals surface area contributed by atoms with Gasteiger partial charge in [0.1, 0.15) is 12.6 Å². The fraction of sp³-hybridized carbons (Fsp3) is 0.385. The van der Waals surface area contributed by atoms with Gasteiger partial charge in [-0.2, -0.15) is 0 Å². The molecule has 0 aromatic heterocycles. The summed E-state index contributed by atoms with van der Waals surface area (Å²) in [5.41, 5.74) is 6.24. The molecule has 5 nitrogen and oxygen atoms in total. The minimum atomic E-state index is -1.11. The average Bonchev–Trinajstić information content (AvgIpc) is 2.36. The Bertz CT molecular complexity index is 405.